The molecule has 12 heteroatoms. The number of amides is 1. The highest BCUT2D eigenvalue weighted by Gasteiger charge is 2.39. The molecule has 2 aliphatic heterocycles. The summed E-state index contributed by atoms with van der Waals surface area (Å²) >= 11 is 1.94. The Morgan fingerprint density at radius 2 is 1.88 bits per heavy atom. The van der Waals surface area contributed by atoms with Crippen LogP contribution in [0.4, 0.5) is 18.9 Å². The van der Waals surface area contributed by atoms with Crippen LogP contribution in [0.15, 0.2) is 48.8 Å². The third kappa shape index (κ3) is 6.97. The van der Waals surface area contributed by atoms with Gasteiger partial charge in [0.15, 0.2) is 0 Å². The SMILES string of the molecule is Cc1ccc(N2C[C@H]3CC[C@@H](C2)N3CCOI)cc1C(=O)N[C@H](C)c1cc(OC(F)(F)F)cc(-c2cnn(C)c2)c1. The van der Waals surface area contributed by atoms with Crippen LogP contribution < -0.4 is 15.0 Å². The van der Waals surface area contributed by atoms with Crippen LogP contribution in [-0.4, -0.2) is 65.3 Å². The number of aryl methyl sites for hydroxylation is 2. The van der Waals surface area contributed by atoms with E-state index < -0.39 is 12.4 Å². The second-order valence-corrected chi connectivity index (χ2v) is 11.4. The number of rotatable bonds is 9. The Morgan fingerprint density at radius 3 is 2.51 bits per heavy atom. The van der Waals surface area contributed by atoms with Crippen molar-refractivity contribution in [3.63, 3.8) is 0 Å². The Hall–Kier alpha value is -2.84. The molecule has 1 N–H and O–H groups in total. The maximum absolute atomic E-state index is 13.5. The minimum atomic E-state index is -4.84. The maximum Gasteiger partial charge on any atom is 0.573 e. The van der Waals surface area contributed by atoms with Gasteiger partial charge in [-0.2, -0.15) is 5.10 Å². The number of fused-ring (bicyclic) bond motifs is 2. The molecule has 2 aromatic carbocycles. The third-order valence-electron chi connectivity index (χ3n) is 7.94. The maximum atomic E-state index is 13.5. The lowest BCUT2D eigenvalue weighted by Crippen LogP contribution is -2.54. The molecule has 0 radical (unpaired) electrons. The van der Waals surface area contributed by atoms with Crippen molar-refractivity contribution in [2.75, 3.05) is 31.1 Å². The first kappa shape index (κ1) is 29.6. The van der Waals surface area contributed by atoms with E-state index in [4.69, 9.17) is 3.07 Å². The molecule has 2 saturated heterocycles. The molecule has 41 heavy (non-hydrogen) atoms. The van der Waals surface area contributed by atoms with Gasteiger partial charge in [0, 0.05) is 61.8 Å². The van der Waals surface area contributed by atoms with Crippen LogP contribution in [-0.2, 0) is 10.1 Å². The largest absolute Gasteiger partial charge is 0.573 e. The molecule has 2 aliphatic rings. The molecule has 2 bridgehead atoms. The van der Waals surface area contributed by atoms with Crippen LogP contribution in [0.25, 0.3) is 11.1 Å². The number of hydrogen-bond acceptors (Lipinski definition) is 6. The molecular weight excluding hydrogens is 650 g/mol. The Morgan fingerprint density at radius 1 is 1.15 bits per heavy atom. The number of nitrogens with one attached hydrogen (secondary N) is 1. The fourth-order valence-electron chi connectivity index (χ4n) is 5.92. The molecule has 8 nitrogen and oxygen atoms in total. The van der Waals surface area contributed by atoms with Crippen molar-refractivity contribution in [1.29, 1.82) is 0 Å². The predicted octanol–water partition coefficient (Wildman–Crippen LogP) is 5.80. The summed E-state index contributed by atoms with van der Waals surface area (Å²) in [6.07, 6.45) is 0.730. The van der Waals surface area contributed by atoms with Crippen molar-refractivity contribution < 1.29 is 25.8 Å². The smallest absolute Gasteiger partial charge is 0.406 e. The number of carbonyl (C=O) groups is 1. The number of ether oxygens (including phenoxy) is 1. The molecule has 5 rings (SSSR count). The highest BCUT2D eigenvalue weighted by molar-refractivity contribution is 14.1. The second kappa shape index (κ2) is 12.2. The molecular formula is C29H33F3IN5O3. The summed E-state index contributed by atoms with van der Waals surface area (Å²) in [7, 11) is 1.73. The summed E-state index contributed by atoms with van der Waals surface area (Å²) in [5, 5.41) is 7.10. The van der Waals surface area contributed by atoms with Gasteiger partial charge in [0.05, 0.1) is 18.8 Å². The molecule has 3 heterocycles. The summed E-state index contributed by atoms with van der Waals surface area (Å²) in [5.74, 6) is -0.644. The van der Waals surface area contributed by atoms with Crippen LogP contribution in [0.1, 0.15) is 47.3 Å². The van der Waals surface area contributed by atoms with E-state index >= 15 is 0 Å². The van der Waals surface area contributed by atoms with Gasteiger partial charge in [0.1, 0.15) is 28.8 Å². The van der Waals surface area contributed by atoms with Crippen LogP contribution >= 0.6 is 23.0 Å². The van der Waals surface area contributed by atoms with E-state index in [-0.39, 0.29) is 11.7 Å². The minimum Gasteiger partial charge on any atom is -0.406 e. The van der Waals surface area contributed by atoms with Crippen molar-refractivity contribution >= 4 is 34.6 Å². The average molecular weight is 684 g/mol. The van der Waals surface area contributed by atoms with E-state index in [0.29, 0.717) is 40.9 Å². The van der Waals surface area contributed by atoms with Crippen LogP contribution in [0.5, 0.6) is 5.75 Å². The summed E-state index contributed by atoms with van der Waals surface area (Å²) in [4.78, 5) is 18.4. The lowest BCUT2D eigenvalue weighted by molar-refractivity contribution is -0.274. The standard InChI is InChI=1S/C29H33F3IN5O3/c1-18-4-5-23(37-16-24-6-7-25(17-37)38(24)8-9-40-33)13-27(18)28(39)35-19(2)20-10-21(22-14-34-36(3)15-22)12-26(11-20)41-29(30,31)32/h4-5,10-15,19,24-25H,6-9,16-17H2,1-3H3,(H,35,39)/t19-,24-,25+/m1/s1. The van der Waals surface area contributed by atoms with E-state index in [1.165, 1.54) is 12.1 Å². The second-order valence-electron chi connectivity index (χ2n) is 10.8. The van der Waals surface area contributed by atoms with Crippen molar-refractivity contribution in [2.45, 2.75) is 51.2 Å². The number of anilines is 1. The van der Waals surface area contributed by atoms with Crippen molar-refractivity contribution in [2.24, 2.45) is 7.05 Å². The quantitative estimate of drug-likeness (QED) is 0.288. The van der Waals surface area contributed by atoms with E-state index in [9.17, 15) is 18.0 Å². The van der Waals surface area contributed by atoms with E-state index in [2.05, 4.69) is 31.0 Å². The molecule has 3 aromatic rings. The van der Waals surface area contributed by atoms with Crippen molar-refractivity contribution in [1.82, 2.24) is 20.0 Å². The molecule has 3 atom stereocenters. The molecule has 0 aliphatic carbocycles. The molecule has 1 amide bonds. The number of benzene rings is 2. The number of nitrogens with zero attached hydrogens (tertiary/aromatic N) is 4. The fraction of sp³-hybridized carbons (Fsp3) is 0.448. The van der Waals surface area contributed by atoms with Crippen molar-refractivity contribution in [3.8, 4) is 16.9 Å². The predicted molar refractivity (Wildman–Crippen MR) is 158 cm³/mol. The van der Waals surface area contributed by atoms with Gasteiger partial charge in [-0.1, -0.05) is 6.07 Å². The molecule has 0 spiro atoms. The first-order chi connectivity index (χ1) is 19.5. The van der Waals surface area contributed by atoms with Crippen LogP contribution in [0, 0.1) is 6.92 Å². The monoisotopic (exact) mass is 683 g/mol. The fourth-order valence-corrected chi connectivity index (χ4v) is 6.11. The first-order valence-corrected chi connectivity index (χ1v) is 14.4. The van der Waals surface area contributed by atoms with E-state index in [0.717, 1.165) is 43.7 Å². The van der Waals surface area contributed by atoms with E-state index in [1.54, 1.807) is 37.1 Å². The Balaban J connectivity index is 1.34. The molecule has 0 saturated carbocycles. The van der Waals surface area contributed by atoms with Gasteiger partial charge in [0.25, 0.3) is 5.91 Å². The molecule has 220 valence electrons. The zero-order valence-corrected chi connectivity index (χ0v) is 25.3. The first-order valence-electron chi connectivity index (χ1n) is 13.6. The van der Waals surface area contributed by atoms with Gasteiger partial charge in [-0.3, -0.25) is 14.4 Å². The lowest BCUT2D eigenvalue weighted by atomic mass is 10.0. The zero-order valence-electron chi connectivity index (χ0n) is 23.1. The minimum absolute atomic E-state index is 0.289. The van der Waals surface area contributed by atoms with Gasteiger partial charge in [-0.05, 0) is 73.7 Å². The topological polar surface area (TPSA) is 71.9 Å². The van der Waals surface area contributed by atoms with Crippen molar-refractivity contribution in [3.05, 3.63) is 65.5 Å². The highest BCUT2D eigenvalue weighted by atomic mass is 127. The Labute approximate surface area is 251 Å². The summed E-state index contributed by atoms with van der Waals surface area (Å²) in [6, 6.07) is 10.6. The van der Waals surface area contributed by atoms with Crippen LogP contribution in [0.3, 0.4) is 0 Å². The number of halogens is 4. The number of carbonyl (C=O) groups excluding carboxylic acids is 1. The molecule has 2 fully saturated rings. The number of piperazine rings is 1. The third-order valence-corrected chi connectivity index (χ3v) is 8.38. The molecule has 0 unspecified atom stereocenters. The Bertz CT molecular complexity index is 1380. The van der Waals surface area contributed by atoms with Crippen LogP contribution in [0.2, 0.25) is 0 Å². The number of hydrogen-bond donors (Lipinski definition) is 1. The lowest BCUT2D eigenvalue weighted by Gasteiger charge is -2.42. The highest BCUT2D eigenvalue weighted by Crippen LogP contribution is 2.34. The zero-order chi connectivity index (χ0) is 29.3. The van der Waals surface area contributed by atoms with E-state index in [1.807, 2.05) is 42.1 Å². The number of alkyl halides is 3. The van der Waals surface area contributed by atoms with Gasteiger partial charge < -0.3 is 18.0 Å². The van der Waals surface area contributed by atoms with Gasteiger partial charge in [0.2, 0.25) is 0 Å². The summed E-state index contributed by atoms with van der Waals surface area (Å²) in [6.45, 7) is 7.03. The summed E-state index contributed by atoms with van der Waals surface area (Å²) in [5.41, 5.74) is 3.99. The van der Waals surface area contributed by atoms with Gasteiger partial charge in [-0.15, -0.1) is 13.2 Å². The normalized spacial score (nSPS) is 19.8. The van der Waals surface area contributed by atoms with Gasteiger partial charge >= 0.3 is 6.36 Å². The average Bonchev–Trinajstić information content (AvgIpc) is 3.45. The van der Waals surface area contributed by atoms with Gasteiger partial charge in [-0.25, -0.2) is 0 Å². The summed E-state index contributed by atoms with van der Waals surface area (Å²) < 4.78 is 50.3. The molecule has 1 aromatic heterocycles. The Kier molecular flexibility index (Phi) is 8.81. The number of aromatic nitrogens is 2.